The minimum absolute atomic E-state index is 0.0787. The molecule has 0 spiro atoms. The molecule has 0 unspecified atom stereocenters. The van der Waals surface area contributed by atoms with Crippen LogP contribution in [0.2, 0.25) is 0 Å². The monoisotopic (exact) mass is 254 g/mol. The van der Waals surface area contributed by atoms with E-state index in [0.29, 0.717) is 0 Å². The van der Waals surface area contributed by atoms with E-state index in [1.165, 1.54) is 29.3 Å². The highest BCUT2D eigenvalue weighted by atomic mass is 15.2. The highest BCUT2D eigenvalue weighted by Crippen LogP contribution is 2.32. The molecule has 1 fully saturated rings. The van der Waals surface area contributed by atoms with Crippen LogP contribution in [0.1, 0.15) is 39.3 Å². The lowest BCUT2D eigenvalue weighted by molar-refractivity contribution is 0.575. The molecular weight excluding hydrogens is 232 g/mol. The average molecular weight is 254 g/mol. The fraction of sp³-hybridized carbons (Fsp3) is 0.471. The van der Waals surface area contributed by atoms with Crippen LogP contribution in [0.5, 0.6) is 0 Å². The van der Waals surface area contributed by atoms with Gasteiger partial charge in [0, 0.05) is 23.9 Å². The maximum Gasteiger partial charge on any atom is 0.129 e. The second-order valence-corrected chi connectivity index (χ2v) is 6.49. The van der Waals surface area contributed by atoms with E-state index >= 15 is 0 Å². The average Bonchev–Trinajstić information content (AvgIpc) is 2.90. The molecule has 0 saturated carbocycles. The predicted molar refractivity (Wildman–Crippen MR) is 81.9 cm³/mol. The van der Waals surface area contributed by atoms with Crippen molar-refractivity contribution in [2.45, 2.75) is 39.0 Å². The zero-order chi connectivity index (χ0) is 13.5. The van der Waals surface area contributed by atoms with Crippen molar-refractivity contribution in [1.82, 2.24) is 4.98 Å². The Bertz CT molecular complexity index is 590. The van der Waals surface area contributed by atoms with Crippen molar-refractivity contribution in [3.05, 3.63) is 36.0 Å². The molecule has 1 aromatic heterocycles. The van der Waals surface area contributed by atoms with Crippen LogP contribution in [0.15, 0.2) is 30.3 Å². The van der Waals surface area contributed by atoms with E-state index in [-0.39, 0.29) is 5.41 Å². The molecule has 0 atom stereocenters. The summed E-state index contributed by atoms with van der Waals surface area (Å²) in [5.74, 6) is 1.15. The number of rotatable bonds is 1. The first kappa shape index (κ1) is 12.5. The summed E-state index contributed by atoms with van der Waals surface area (Å²) in [6.07, 6.45) is 2.58. The van der Waals surface area contributed by atoms with Gasteiger partial charge in [0.1, 0.15) is 5.82 Å². The number of fused-ring (bicyclic) bond motifs is 1. The van der Waals surface area contributed by atoms with Crippen LogP contribution in [-0.2, 0) is 5.41 Å². The van der Waals surface area contributed by atoms with Crippen LogP contribution >= 0.6 is 0 Å². The van der Waals surface area contributed by atoms with Crippen molar-refractivity contribution in [2.75, 3.05) is 18.0 Å². The Morgan fingerprint density at radius 3 is 2.42 bits per heavy atom. The Balaban J connectivity index is 2.20. The van der Waals surface area contributed by atoms with E-state index in [1.54, 1.807) is 0 Å². The molecule has 1 aliphatic rings. The van der Waals surface area contributed by atoms with Gasteiger partial charge in [-0.1, -0.05) is 45.0 Å². The van der Waals surface area contributed by atoms with Gasteiger partial charge in [0.25, 0.3) is 0 Å². The summed E-state index contributed by atoms with van der Waals surface area (Å²) in [5, 5.41) is 2.60. The van der Waals surface area contributed by atoms with Gasteiger partial charge < -0.3 is 4.90 Å². The summed E-state index contributed by atoms with van der Waals surface area (Å²) in [5.41, 5.74) is 1.29. The Labute approximate surface area is 115 Å². The fourth-order valence-electron chi connectivity index (χ4n) is 2.86. The van der Waals surface area contributed by atoms with Gasteiger partial charge in [0.2, 0.25) is 0 Å². The van der Waals surface area contributed by atoms with Gasteiger partial charge in [0.15, 0.2) is 0 Å². The minimum atomic E-state index is 0.0787. The molecule has 3 rings (SSSR count). The molecule has 2 heteroatoms. The van der Waals surface area contributed by atoms with Crippen LogP contribution < -0.4 is 4.90 Å². The highest BCUT2D eigenvalue weighted by molar-refractivity contribution is 5.87. The van der Waals surface area contributed by atoms with Crippen molar-refractivity contribution < 1.29 is 0 Å². The Morgan fingerprint density at radius 1 is 1.05 bits per heavy atom. The largest absolute Gasteiger partial charge is 0.357 e. The topological polar surface area (TPSA) is 16.1 Å². The molecular formula is C17H22N2. The van der Waals surface area contributed by atoms with E-state index in [9.17, 15) is 0 Å². The maximum absolute atomic E-state index is 4.98. The summed E-state index contributed by atoms with van der Waals surface area (Å²) in [7, 11) is 0. The van der Waals surface area contributed by atoms with Gasteiger partial charge in [0.05, 0.1) is 5.69 Å². The van der Waals surface area contributed by atoms with Gasteiger partial charge in [-0.3, -0.25) is 0 Å². The molecule has 0 amide bonds. The Kier molecular flexibility index (Phi) is 2.96. The molecule has 0 radical (unpaired) electrons. The smallest absolute Gasteiger partial charge is 0.129 e. The summed E-state index contributed by atoms with van der Waals surface area (Å²) in [6.45, 7) is 9.03. The number of aromatic nitrogens is 1. The van der Waals surface area contributed by atoms with Crippen LogP contribution in [0.4, 0.5) is 5.82 Å². The molecule has 1 aromatic carbocycles. The van der Waals surface area contributed by atoms with Gasteiger partial charge in [-0.15, -0.1) is 0 Å². The zero-order valence-corrected chi connectivity index (χ0v) is 12.1. The Hall–Kier alpha value is -1.57. The summed E-state index contributed by atoms with van der Waals surface area (Å²) in [6, 6.07) is 10.9. The molecule has 2 heterocycles. The van der Waals surface area contributed by atoms with Crippen molar-refractivity contribution in [3.63, 3.8) is 0 Å². The molecule has 1 saturated heterocycles. The standard InChI is InChI=1S/C17H22N2/c1-17(2,3)16-14-9-5-4-8-13(14)12-15(18-16)19-10-6-7-11-19/h4-5,8-9,12H,6-7,10-11H2,1-3H3. The van der Waals surface area contributed by atoms with E-state index in [1.807, 2.05) is 0 Å². The number of hydrogen-bond acceptors (Lipinski definition) is 2. The maximum atomic E-state index is 4.98. The normalized spacial score (nSPS) is 16.3. The molecule has 19 heavy (non-hydrogen) atoms. The molecule has 2 nitrogen and oxygen atoms in total. The van der Waals surface area contributed by atoms with Crippen LogP contribution in [-0.4, -0.2) is 18.1 Å². The number of anilines is 1. The molecule has 100 valence electrons. The van der Waals surface area contributed by atoms with Crippen molar-refractivity contribution in [2.24, 2.45) is 0 Å². The van der Waals surface area contributed by atoms with Gasteiger partial charge >= 0.3 is 0 Å². The second-order valence-electron chi connectivity index (χ2n) is 6.49. The number of hydrogen-bond donors (Lipinski definition) is 0. The van der Waals surface area contributed by atoms with E-state index in [4.69, 9.17) is 4.98 Å². The van der Waals surface area contributed by atoms with E-state index in [2.05, 4.69) is 56.0 Å². The van der Waals surface area contributed by atoms with Crippen LogP contribution in [0.3, 0.4) is 0 Å². The number of benzene rings is 1. The van der Waals surface area contributed by atoms with Crippen LogP contribution in [0.25, 0.3) is 10.8 Å². The third-order valence-electron chi connectivity index (χ3n) is 3.87. The number of nitrogens with zero attached hydrogens (tertiary/aromatic N) is 2. The number of pyridine rings is 1. The summed E-state index contributed by atoms with van der Waals surface area (Å²) >= 11 is 0. The van der Waals surface area contributed by atoms with Crippen molar-refractivity contribution in [1.29, 1.82) is 0 Å². The summed E-state index contributed by atoms with van der Waals surface area (Å²) in [4.78, 5) is 7.40. The molecule has 0 aliphatic carbocycles. The predicted octanol–water partition coefficient (Wildman–Crippen LogP) is 4.13. The molecule has 0 bridgehead atoms. The lowest BCUT2D eigenvalue weighted by atomic mass is 9.88. The van der Waals surface area contributed by atoms with Gasteiger partial charge in [-0.25, -0.2) is 4.98 Å². The third-order valence-corrected chi connectivity index (χ3v) is 3.87. The van der Waals surface area contributed by atoms with Crippen molar-refractivity contribution >= 4 is 16.6 Å². The molecule has 1 aliphatic heterocycles. The quantitative estimate of drug-likeness (QED) is 0.760. The zero-order valence-electron chi connectivity index (χ0n) is 12.1. The first-order valence-corrected chi connectivity index (χ1v) is 7.21. The fourth-order valence-corrected chi connectivity index (χ4v) is 2.86. The lowest BCUT2D eigenvalue weighted by Gasteiger charge is -2.24. The Morgan fingerprint density at radius 2 is 1.74 bits per heavy atom. The van der Waals surface area contributed by atoms with E-state index < -0.39 is 0 Å². The van der Waals surface area contributed by atoms with Gasteiger partial charge in [-0.05, 0) is 24.3 Å². The SMILES string of the molecule is CC(C)(C)c1nc(N2CCCC2)cc2ccccc12. The van der Waals surface area contributed by atoms with Crippen molar-refractivity contribution in [3.8, 4) is 0 Å². The molecule has 0 N–H and O–H groups in total. The van der Waals surface area contributed by atoms with E-state index in [0.717, 1.165) is 18.9 Å². The second kappa shape index (κ2) is 4.52. The first-order chi connectivity index (χ1) is 9.05. The third kappa shape index (κ3) is 2.32. The van der Waals surface area contributed by atoms with Crippen LogP contribution in [0, 0.1) is 0 Å². The summed E-state index contributed by atoms with van der Waals surface area (Å²) < 4.78 is 0. The van der Waals surface area contributed by atoms with Gasteiger partial charge in [-0.2, -0.15) is 0 Å². The lowest BCUT2D eigenvalue weighted by Crippen LogP contribution is -2.22. The highest BCUT2D eigenvalue weighted by Gasteiger charge is 2.22. The molecule has 2 aromatic rings. The first-order valence-electron chi connectivity index (χ1n) is 7.21. The minimum Gasteiger partial charge on any atom is -0.357 e.